The van der Waals surface area contributed by atoms with Gasteiger partial charge >= 0.3 is 0 Å². The minimum absolute atomic E-state index is 0.265. The van der Waals surface area contributed by atoms with E-state index in [1.807, 2.05) is 12.1 Å². The lowest BCUT2D eigenvalue weighted by atomic mass is 10.1. The fourth-order valence-electron chi connectivity index (χ4n) is 3.11. The van der Waals surface area contributed by atoms with Crippen LogP contribution in [0.25, 0.3) is 0 Å². The predicted molar refractivity (Wildman–Crippen MR) is 108 cm³/mol. The molecular weight excluding hydrogens is 395 g/mol. The lowest BCUT2D eigenvalue weighted by Crippen LogP contribution is -2.29. The number of nitrogens with one attached hydrogen (secondary N) is 1. The van der Waals surface area contributed by atoms with Crippen molar-refractivity contribution < 1.29 is 9.53 Å². The van der Waals surface area contributed by atoms with Crippen LogP contribution in [0.5, 0.6) is 5.75 Å². The summed E-state index contributed by atoms with van der Waals surface area (Å²) in [4.78, 5) is 14.9. The van der Waals surface area contributed by atoms with Gasteiger partial charge in [0.25, 0.3) is 5.91 Å². The molecule has 0 bridgehead atoms. The molecule has 2 aromatic carbocycles. The summed E-state index contributed by atoms with van der Waals surface area (Å²) in [5.74, 6) is -0.0855. The molecule has 7 heteroatoms. The summed E-state index contributed by atoms with van der Waals surface area (Å²) in [5, 5.41) is 4.07. The summed E-state index contributed by atoms with van der Waals surface area (Å²) in [7, 11) is 1.45. The quantitative estimate of drug-likeness (QED) is 0.678. The van der Waals surface area contributed by atoms with Crippen molar-refractivity contribution in [2.45, 2.75) is 19.3 Å². The Balaban J connectivity index is 1.81. The average molecular weight is 414 g/mol. The van der Waals surface area contributed by atoms with Gasteiger partial charge in [0.1, 0.15) is 5.75 Å². The van der Waals surface area contributed by atoms with Crippen molar-refractivity contribution in [3.63, 3.8) is 0 Å². The Morgan fingerprint density at radius 3 is 2.42 bits per heavy atom. The average Bonchev–Trinajstić information content (AvgIpc) is 2.62. The summed E-state index contributed by atoms with van der Waals surface area (Å²) in [6.45, 7) is 2.01. The Morgan fingerprint density at radius 1 is 1.04 bits per heavy atom. The highest BCUT2D eigenvalue weighted by atomic mass is 35.5. The van der Waals surface area contributed by atoms with Gasteiger partial charge in [-0.05, 0) is 49.6 Å². The van der Waals surface area contributed by atoms with Gasteiger partial charge in [0.2, 0.25) is 0 Å². The van der Waals surface area contributed by atoms with Crippen molar-refractivity contribution in [2.24, 2.45) is 0 Å². The van der Waals surface area contributed by atoms with Gasteiger partial charge in [-0.2, -0.15) is 0 Å². The highest BCUT2D eigenvalue weighted by molar-refractivity contribution is 6.36. The number of amides is 1. The zero-order chi connectivity index (χ0) is 18.7. The van der Waals surface area contributed by atoms with E-state index in [1.54, 1.807) is 6.07 Å². The second-order valence-corrected chi connectivity index (χ2v) is 7.39. The monoisotopic (exact) mass is 412 g/mol. The summed E-state index contributed by atoms with van der Waals surface area (Å²) in [6, 6.07) is 8.58. The van der Waals surface area contributed by atoms with E-state index in [9.17, 15) is 4.79 Å². The molecule has 1 saturated heterocycles. The minimum Gasteiger partial charge on any atom is -0.494 e. The Bertz CT molecular complexity index is 821. The molecule has 1 N–H and O–H groups in total. The molecule has 0 aromatic heterocycles. The first-order valence-electron chi connectivity index (χ1n) is 8.38. The standard InChI is InChI=1S/C19H19Cl3N2O2/c1-26-18-14(9-12(20)10-16(18)22)19(25)23-13-5-6-17(15(21)11-13)24-7-3-2-4-8-24/h5-6,9-11H,2-4,7-8H2,1H3,(H,23,25). The largest absolute Gasteiger partial charge is 0.494 e. The third-order valence-electron chi connectivity index (χ3n) is 4.36. The van der Waals surface area contributed by atoms with Crippen LogP contribution in [-0.4, -0.2) is 26.1 Å². The number of rotatable bonds is 4. The molecule has 1 fully saturated rings. The van der Waals surface area contributed by atoms with Crippen molar-refractivity contribution in [1.29, 1.82) is 0 Å². The Labute approximate surface area is 168 Å². The van der Waals surface area contributed by atoms with E-state index < -0.39 is 0 Å². The van der Waals surface area contributed by atoms with Crippen LogP contribution in [0.15, 0.2) is 30.3 Å². The zero-order valence-electron chi connectivity index (χ0n) is 14.3. The topological polar surface area (TPSA) is 41.6 Å². The van der Waals surface area contributed by atoms with Gasteiger partial charge in [-0.25, -0.2) is 0 Å². The number of ether oxygens (including phenoxy) is 1. The lowest BCUT2D eigenvalue weighted by molar-refractivity contribution is 0.102. The molecule has 1 amide bonds. The molecule has 0 atom stereocenters. The van der Waals surface area contributed by atoms with E-state index in [1.165, 1.54) is 38.5 Å². The minimum atomic E-state index is -0.368. The Morgan fingerprint density at radius 2 is 1.77 bits per heavy atom. The van der Waals surface area contributed by atoms with E-state index in [-0.39, 0.29) is 22.2 Å². The number of hydrogen-bond donors (Lipinski definition) is 1. The summed E-state index contributed by atoms with van der Waals surface area (Å²) in [5.41, 5.74) is 1.85. The molecular formula is C19H19Cl3N2O2. The molecule has 1 aliphatic heterocycles. The van der Waals surface area contributed by atoms with Gasteiger partial charge in [-0.1, -0.05) is 34.8 Å². The van der Waals surface area contributed by atoms with Crippen LogP contribution in [0.4, 0.5) is 11.4 Å². The third kappa shape index (κ3) is 4.20. The van der Waals surface area contributed by atoms with E-state index in [0.29, 0.717) is 15.7 Å². The van der Waals surface area contributed by atoms with Gasteiger partial charge in [0.15, 0.2) is 0 Å². The smallest absolute Gasteiger partial charge is 0.259 e. The normalized spacial score (nSPS) is 14.2. The van der Waals surface area contributed by atoms with Crippen LogP contribution in [-0.2, 0) is 0 Å². The number of methoxy groups -OCH3 is 1. The first-order chi connectivity index (χ1) is 12.5. The SMILES string of the molecule is COc1c(Cl)cc(Cl)cc1C(=O)Nc1ccc(N2CCCCC2)c(Cl)c1. The van der Waals surface area contributed by atoms with E-state index in [0.717, 1.165) is 18.8 Å². The van der Waals surface area contributed by atoms with E-state index >= 15 is 0 Å². The fourth-order valence-corrected chi connectivity index (χ4v) is 3.98. The first-order valence-corrected chi connectivity index (χ1v) is 9.52. The molecule has 0 aliphatic carbocycles. The number of nitrogens with zero attached hydrogens (tertiary/aromatic N) is 1. The van der Waals surface area contributed by atoms with Gasteiger partial charge in [0, 0.05) is 23.8 Å². The highest BCUT2D eigenvalue weighted by Gasteiger charge is 2.18. The number of piperidine rings is 1. The summed E-state index contributed by atoms with van der Waals surface area (Å²) >= 11 is 18.6. The number of halogens is 3. The molecule has 0 spiro atoms. The van der Waals surface area contributed by atoms with Crippen LogP contribution < -0.4 is 15.0 Å². The van der Waals surface area contributed by atoms with Gasteiger partial charge in [-0.3, -0.25) is 4.79 Å². The van der Waals surface area contributed by atoms with Crippen LogP contribution in [0, 0.1) is 0 Å². The number of benzene rings is 2. The van der Waals surface area contributed by atoms with Crippen LogP contribution in [0.1, 0.15) is 29.6 Å². The Hall–Kier alpha value is -1.62. The van der Waals surface area contributed by atoms with Crippen molar-refractivity contribution in [2.75, 3.05) is 30.4 Å². The third-order valence-corrected chi connectivity index (χ3v) is 5.16. The van der Waals surface area contributed by atoms with Crippen LogP contribution >= 0.6 is 34.8 Å². The number of carbonyl (C=O) groups is 1. The maximum Gasteiger partial charge on any atom is 0.259 e. The molecule has 1 heterocycles. The first kappa shape index (κ1) is 19.2. The van der Waals surface area contributed by atoms with Crippen molar-refractivity contribution in [3.8, 4) is 5.75 Å². The van der Waals surface area contributed by atoms with Crippen molar-refractivity contribution in [3.05, 3.63) is 51.0 Å². The summed E-state index contributed by atoms with van der Waals surface area (Å²) < 4.78 is 5.23. The molecule has 26 heavy (non-hydrogen) atoms. The van der Waals surface area contributed by atoms with E-state index in [2.05, 4.69) is 10.2 Å². The van der Waals surface area contributed by atoms with Gasteiger partial charge < -0.3 is 15.0 Å². The van der Waals surface area contributed by atoms with Crippen molar-refractivity contribution in [1.82, 2.24) is 0 Å². The molecule has 4 nitrogen and oxygen atoms in total. The van der Waals surface area contributed by atoms with Crippen molar-refractivity contribution >= 4 is 52.1 Å². The van der Waals surface area contributed by atoms with Crippen LogP contribution in [0.2, 0.25) is 15.1 Å². The number of carbonyl (C=O) groups excluding carboxylic acids is 1. The highest BCUT2D eigenvalue weighted by Crippen LogP contribution is 2.34. The number of hydrogen-bond acceptors (Lipinski definition) is 3. The molecule has 3 rings (SSSR count). The number of anilines is 2. The molecule has 1 aliphatic rings. The molecule has 0 radical (unpaired) electrons. The maximum absolute atomic E-state index is 12.6. The molecule has 0 saturated carbocycles. The zero-order valence-corrected chi connectivity index (χ0v) is 16.6. The van der Waals surface area contributed by atoms with Gasteiger partial charge in [-0.15, -0.1) is 0 Å². The fraction of sp³-hybridized carbons (Fsp3) is 0.316. The second kappa shape index (κ2) is 8.38. The lowest BCUT2D eigenvalue weighted by Gasteiger charge is -2.29. The molecule has 0 unspecified atom stereocenters. The predicted octanol–water partition coefficient (Wildman–Crippen LogP) is 5.90. The van der Waals surface area contributed by atoms with Crippen LogP contribution in [0.3, 0.4) is 0 Å². The Kier molecular flexibility index (Phi) is 6.17. The van der Waals surface area contributed by atoms with E-state index in [4.69, 9.17) is 39.5 Å². The molecule has 2 aromatic rings. The molecule has 138 valence electrons. The summed E-state index contributed by atoms with van der Waals surface area (Å²) in [6.07, 6.45) is 3.60. The van der Waals surface area contributed by atoms with Gasteiger partial charge in [0.05, 0.1) is 28.4 Å². The second-order valence-electron chi connectivity index (χ2n) is 6.14. The maximum atomic E-state index is 12.6.